The third-order valence-corrected chi connectivity index (χ3v) is 3.27. The Morgan fingerprint density at radius 3 is 2.95 bits per heavy atom. The molecule has 0 aliphatic carbocycles. The Balaban J connectivity index is 1.67. The zero-order valence-corrected chi connectivity index (χ0v) is 11.8. The molecule has 0 spiro atoms. The van der Waals surface area contributed by atoms with Crippen LogP contribution in [0.1, 0.15) is 17.7 Å². The number of benzene rings is 1. The van der Waals surface area contributed by atoms with Crippen molar-refractivity contribution in [2.24, 2.45) is 10.9 Å². The number of nitrogens with two attached hydrogens (primary N) is 1. The molecule has 0 bridgehead atoms. The van der Waals surface area contributed by atoms with Gasteiger partial charge < -0.3 is 15.3 Å². The smallest absolute Gasteiger partial charge is 0.261 e. The van der Waals surface area contributed by atoms with Crippen molar-refractivity contribution in [3.05, 3.63) is 59.9 Å². The number of aromatic nitrogens is 1. The van der Waals surface area contributed by atoms with Crippen LogP contribution in [0.4, 0.5) is 0 Å². The van der Waals surface area contributed by atoms with Gasteiger partial charge in [-0.25, -0.2) is 0 Å². The highest BCUT2D eigenvalue weighted by atomic mass is 16.6. The van der Waals surface area contributed by atoms with Crippen LogP contribution in [0.25, 0.3) is 0 Å². The molecule has 112 valence electrons. The first-order chi connectivity index (χ1) is 10.7. The number of oxime groups is 1. The summed E-state index contributed by atoms with van der Waals surface area (Å²) in [6.07, 6.45) is 1.41. The molecule has 22 heavy (non-hydrogen) atoms. The molecule has 1 aliphatic rings. The number of ether oxygens (including phenoxy) is 1. The zero-order valence-electron chi connectivity index (χ0n) is 11.8. The maximum absolute atomic E-state index is 11.1. The molecule has 1 atom stereocenters. The van der Waals surface area contributed by atoms with E-state index in [2.05, 4.69) is 10.1 Å². The molecule has 1 aromatic heterocycles. The number of carbonyl (C=O) groups is 1. The number of nitrogens with zero attached hydrogens (tertiary/aromatic N) is 2. The molecule has 0 fully saturated rings. The standard InChI is InChI=1S/C16H15N3O3/c17-16(20)15-9-14(19-22-15)11-4-3-6-13(8-11)21-10-12-5-1-2-7-18-12/h1-8,15H,9-10H2,(H2,17,20). The fraction of sp³-hybridized carbons (Fsp3) is 0.188. The predicted octanol–water partition coefficient (Wildman–Crippen LogP) is 1.64. The molecule has 1 aliphatic heterocycles. The summed E-state index contributed by atoms with van der Waals surface area (Å²) in [4.78, 5) is 20.3. The monoisotopic (exact) mass is 297 g/mol. The maximum Gasteiger partial charge on any atom is 0.261 e. The van der Waals surface area contributed by atoms with Crippen molar-refractivity contribution in [1.29, 1.82) is 0 Å². The first-order valence-corrected chi connectivity index (χ1v) is 6.87. The van der Waals surface area contributed by atoms with Crippen molar-refractivity contribution in [1.82, 2.24) is 4.98 Å². The lowest BCUT2D eigenvalue weighted by atomic mass is 10.0. The zero-order chi connectivity index (χ0) is 15.4. The van der Waals surface area contributed by atoms with Crippen LogP contribution in [0, 0.1) is 0 Å². The Kier molecular flexibility index (Phi) is 4.00. The van der Waals surface area contributed by atoms with E-state index >= 15 is 0 Å². The first kappa shape index (κ1) is 14.1. The lowest BCUT2D eigenvalue weighted by molar-refractivity contribution is -0.127. The van der Waals surface area contributed by atoms with Crippen molar-refractivity contribution >= 4 is 11.6 Å². The third-order valence-electron chi connectivity index (χ3n) is 3.27. The minimum Gasteiger partial charge on any atom is -0.487 e. The largest absolute Gasteiger partial charge is 0.487 e. The molecule has 3 rings (SSSR count). The van der Waals surface area contributed by atoms with E-state index in [1.807, 2.05) is 42.5 Å². The van der Waals surface area contributed by atoms with E-state index in [0.29, 0.717) is 24.5 Å². The number of carbonyl (C=O) groups excluding carboxylic acids is 1. The van der Waals surface area contributed by atoms with Crippen molar-refractivity contribution in [3.8, 4) is 5.75 Å². The predicted molar refractivity (Wildman–Crippen MR) is 80.2 cm³/mol. The van der Waals surface area contributed by atoms with Gasteiger partial charge in [-0.05, 0) is 24.3 Å². The molecule has 6 heteroatoms. The maximum atomic E-state index is 11.1. The van der Waals surface area contributed by atoms with Gasteiger partial charge in [0.15, 0.2) is 0 Å². The van der Waals surface area contributed by atoms with Gasteiger partial charge in [-0.15, -0.1) is 0 Å². The quantitative estimate of drug-likeness (QED) is 0.909. The Morgan fingerprint density at radius 2 is 2.23 bits per heavy atom. The summed E-state index contributed by atoms with van der Waals surface area (Å²) in [5.41, 5.74) is 7.60. The van der Waals surface area contributed by atoms with E-state index < -0.39 is 12.0 Å². The van der Waals surface area contributed by atoms with Crippen LogP contribution in [0.3, 0.4) is 0 Å². The normalized spacial score (nSPS) is 16.7. The molecular weight excluding hydrogens is 282 g/mol. The molecule has 2 aromatic rings. The molecule has 0 saturated heterocycles. The van der Waals surface area contributed by atoms with Gasteiger partial charge >= 0.3 is 0 Å². The van der Waals surface area contributed by atoms with Gasteiger partial charge in [0.1, 0.15) is 12.4 Å². The highest BCUT2D eigenvalue weighted by molar-refractivity contribution is 6.04. The highest BCUT2D eigenvalue weighted by Gasteiger charge is 2.26. The SMILES string of the molecule is NC(=O)C1CC(c2cccc(OCc3ccccn3)c2)=NO1. The molecule has 1 amide bonds. The van der Waals surface area contributed by atoms with Crippen LogP contribution in [0.5, 0.6) is 5.75 Å². The molecular formula is C16H15N3O3. The molecule has 0 saturated carbocycles. The van der Waals surface area contributed by atoms with Gasteiger partial charge in [-0.2, -0.15) is 0 Å². The van der Waals surface area contributed by atoms with Gasteiger partial charge in [0.25, 0.3) is 5.91 Å². The average Bonchev–Trinajstić information content (AvgIpc) is 3.05. The minimum absolute atomic E-state index is 0.374. The molecule has 2 N–H and O–H groups in total. The summed E-state index contributed by atoms with van der Waals surface area (Å²) in [6.45, 7) is 0.386. The summed E-state index contributed by atoms with van der Waals surface area (Å²) in [6, 6.07) is 13.1. The van der Waals surface area contributed by atoms with Crippen LogP contribution in [-0.2, 0) is 16.2 Å². The topological polar surface area (TPSA) is 86.8 Å². The summed E-state index contributed by atoms with van der Waals surface area (Å²) < 4.78 is 5.72. The van der Waals surface area contributed by atoms with Crippen molar-refractivity contribution < 1.29 is 14.4 Å². The van der Waals surface area contributed by atoms with Crippen LogP contribution >= 0.6 is 0 Å². The van der Waals surface area contributed by atoms with Gasteiger partial charge in [0.05, 0.1) is 11.4 Å². The second-order valence-electron chi connectivity index (χ2n) is 4.88. The molecule has 6 nitrogen and oxygen atoms in total. The number of hydrogen-bond donors (Lipinski definition) is 1. The fourth-order valence-electron chi connectivity index (χ4n) is 2.11. The van der Waals surface area contributed by atoms with Gasteiger partial charge in [-0.3, -0.25) is 9.78 Å². The summed E-state index contributed by atoms with van der Waals surface area (Å²) in [5.74, 6) is 0.190. The summed E-state index contributed by atoms with van der Waals surface area (Å²) >= 11 is 0. The number of pyridine rings is 1. The van der Waals surface area contributed by atoms with E-state index in [0.717, 1.165) is 11.3 Å². The fourth-order valence-corrected chi connectivity index (χ4v) is 2.11. The van der Waals surface area contributed by atoms with Crippen molar-refractivity contribution in [2.75, 3.05) is 0 Å². The average molecular weight is 297 g/mol. The van der Waals surface area contributed by atoms with E-state index in [4.69, 9.17) is 15.3 Å². The Bertz CT molecular complexity index is 701. The lowest BCUT2D eigenvalue weighted by Crippen LogP contribution is -2.28. The van der Waals surface area contributed by atoms with E-state index in [-0.39, 0.29) is 0 Å². The second-order valence-corrected chi connectivity index (χ2v) is 4.88. The Morgan fingerprint density at radius 1 is 1.32 bits per heavy atom. The van der Waals surface area contributed by atoms with Crippen LogP contribution < -0.4 is 10.5 Å². The third kappa shape index (κ3) is 3.22. The van der Waals surface area contributed by atoms with E-state index in [1.54, 1.807) is 6.20 Å². The van der Waals surface area contributed by atoms with Crippen molar-refractivity contribution in [3.63, 3.8) is 0 Å². The Labute approximate surface area is 127 Å². The van der Waals surface area contributed by atoms with E-state index in [1.165, 1.54) is 0 Å². The second kappa shape index (κ2) is 6.26. The molecule has 1 unspecified atom stereocenters. The summed E-state index contributed by atoms with van der Waals surface area (Å²) in [5, 5.41) is 3.92. The number of hydrogen-bond acceptors (Lipinski definition) is 5. The van der Waals surface area contributed by atoms with Gasteiger partial charge in [-0.1, -0.05) is 23.4 Å². The number of amides is 1. The molecule has 2 heterocycles. The molecule has 0 radical (unpaired) electrons. The highest BCUT2D eigenvalue weighted by Crippen LogP contribution is 2.21. The lowest BCUT2D eigenvalue weighted by Gasteiger charge is -2.07. The van der Waals surface area contributed by atoms with Crippen molar-refractivity contribution in [2.45, 2.75) is 19.1 Å². The van der Waals surface area contributed by atoms with Gasteiger partial charge in [0.2, 0.25) is 6.10 Å². The van der Waals surface area contributed by atoms with Crippen LogP contribution in [0.15, 0.2) is 53.8 Å². The molecule has 1 aromatic carbocycles. The number of primary amides is 1. The summed E-state index contributed by atoms with van der Waals surface area (Å²) in [7, 11) is 0. The van der Waals surface area contributed by atoms with Crippen LogP contribution in [-0.4, -0.2) is 22.7 Å². The number of rotatable bonds is 5. The van der Waals surface area contributed by atoms with Crippen LogP contribution in [0.2, 0.25) is 0 Å². The van der Waals surface area contributed by atoms with E-state index in [9.17, 15) is 4.79 Å². The Hall–Kier alpha value is -2.89. The van der Waals surface area contributed by atoms with Gasteiger partial charge in [0, 0.05) is 18.2 Å². The first-order valence-electron chi connectivity index (χ1n) is 6.87. The minimum atomic E-state index is -0.687.